The summed E-state index contributed by atoms with van der Waals surface area (Å²) >= 11 is 3.27. The lowest BCUT2D eigenvalue weighted by Crippen LogP contribution is -2.37. The quantitative estimate of drug-likeness (QED) is 0.826. The molecule has 6 heteroatoms. The molecule has 0 heterocycles. The van der Waals surface area contributed by atoms with Crippen LogP contribution in [0.1, 0.15) is 32.6 Å². The Bertz CT molecular complexity index is 552. The lowest BCUT2D eigenvalue weighted by molar-refractivity contribution is 0.332. The maximum Gasteiger partial charge on any atom is 0.242 e. The summed E-state index contributed by atoms with van der Waals surface area (Å²) in [4.78, 5) is 0.161. The molecule has 0 radical (unpaired) electrons. The first-order valence-electron chi connectivity index (χ1n) is 6.46. The molecule has 1 saturated carbocycles. The minimum Gasteiger partial charge on any atom is -0.398 e. The number of benzene rings is 1. The van der Waals surface area contributed by atoms with Gasteiger partial charge in [0.25, 0.3) is 0 Å². The van der Waals surface area contributed by atoms with E-state index in [1.807, 2.05) is 0 Å². The summed E-state index contributed by atoms with van der Waals surface area (Å²) in [5, 5.41) is 0. The molecule has 3 N–H and O–H groups in total. The van der Waals surface area contributed by atoms with Crippen molar-refractivity contribution in [3.8, 4) is 0 Å². The van der Waals surface area contributed by atoms with Crippen molar-refractivity contribution in [2.24, 2.45) is 5.92 Å². The maximum atomic E-state index is 12.3. The number of nitrogens with one attached hydrogen (secondary N) is 1. The Morgan fingerprint density at radius 2 is 1.89 bits per heavy atom. The van der Waals surface area contributed by atoms with E-state index in [-0.39, 0.29) is 16.6 Å². The predicted molar refractivity (Wildman–Crippen MR) is 80.3 cm³/mol. The summed E-state index contributed by atoms with van der Waals surface area (Å²) in [5.41, 5.74) is 6.06. The van der Waals surface area contributed by atoms with Crippen molar-refractivity contribution in [3.05, 3.63) is 22.7 Å². The summed E-state index contributed by atoms with van der Waals surface area (Å²) < 4.78 is 28.2. The highest BCUT2D eigenvalue weighted by atomic mass is 79.9. The first-order valence-corrected chi connectivity index (χ1v) is 8.73. The van der Waals surface area contributed by atoms with E-state index < -0.39 is 10.0 Å². The van der Waals surface area contributed by atoms with Crippen molar-refractivity contribution in [2.45, 2.75) is 43.5 Å². The van der Waals surface area contributed by atoms with E-state index in [9.17, 15) is 8.42 Å². The molecule has 106 valence electrons. The third-order valence-electron chi connectivity index (χ3n) is 3.60. The van der Waals surface area contributed by atoms with Gasteiger partial charge in [0, 0.05) is 10.5 Å². The fourth-order valence-corrected chi connectivity index (χ4v) is 4.22. The maximum absolute atomic E-state index is 12.3. The molecule has 1 aliphatic carbocycles. The normalized spacial score (nSPS) is 24.3. The molecular formula is C13H19BrN2O2S. The van der Waals surface area contributed by atoms with Crippen LogP contribution in [0.15, 0.2) is 27.6 Å². The Labute approximate surface area is 122 Å². The van der Waals surface area contributed by atoms with Crippen molar-refractivity contribution >= 4 is 31.6 Å². The van der Waals surface area contributed by atoms with Crippen LogP contribution in [-0.4, -0.2) is 14.5 Å². The molecule has 1 aromatic carbocycles. The van der Waals surface area contributed by atoms with E-state index in [1.54, 1.807) is 12.1 Å². The smallest absolute Gasteiger partial charge is 0.242 e. The number of nitrogens with two attached hydrogens (primary N) is 1. The zero-order valence-corrected chi connectivity index (χ0v) is 13.3. The van der Waals surface area contributed by atoms with Crippen LogP contribution in [0.25, 0.3) is 0 Å². The standard InChI is InChI=1S/C13H19BrN2O2S/c1-9-2-5-11(6-3-9)16-19(17,18)13-7-4-10(14)8-12(13)15/h4,7-9,11,16H,2-3,5-6,15H2,1H3. The van der Waals surface area contributed by atoms with Gasteiger partial charge in [-0.2, -0.15) is 0 Å². The monoisotopic (exact) mass is 346 g/mol. The molecule has 0 saturated heterocycles. The predicted octanol–water partition coefficient (Wildman–Crippen LogP) is 2.89. The molecule has 0 aliphatic heterocycles. The van der Waals surface area contributed by atoms with Crippen LogP contribution >= 0.6 is 15.9 Å². The van der Waals surface area contributed by atoms with Gasteiger partial charge in [-0.15, -0.1) is 0 Å². The van der Waals surface area contributed by atoms with E-state index in [2.05, 4.69) is 27.6 Å². The molecule has 0 aromatic heterocycles. The second-order valence-electron chi connectivity index (χ2n) is 5.26. The highest BCUT2D eigenvalue weighted by Gasteiger charge is 2.25. The van der Waals surface area contributed by atoms with Gasteiger partial charge in [0.2, 0.25) is 10.0 Å². The van der Waals surface area contributed by atoms with E-state index in [0.29, 0.717) is 5.92 Å². The number of hydrogen-bond donors (Lipinski definition) is 2. The summed E-state index contributed by atoms with van der Waals surface area (Å²) in [6, 6.07) is 4.86. The van der Waals surface area contributed by atoms with Gasteiger partial charge in [-0.3, -0.25) is 0 Å². The molecule has 19 heavy (non-hydrogen) atoms. The molecule has 1 aromatic rings. The number of sulfonamides is 1. The number of anilines is 1. The molecule has 0 atom stereocenters. The molecule has 0 amide bonds. The number of rotatable bonds is 3. The zero-order chi connectivity index (χ0) is 14.0. The van der Waals surface area contributed by atoms with Crippen molar-refractivity contribution in [3.63, 3.8) is 0 Å². The Hall–Kier alpha value is -0.590. The van der Waals surface area contributed by atoms with Gasteiger partial charge in [0.05, 0.1) is 5.69 Å². The van der Waals surface area contributed by atoms with E-state index >= 15 is 0 Å². The molecule has 1 fully saturated rings. The molecule has 0 bridgehead atoms. The largest absolute Gasteiger partial charge is 0.398 e. The zero-order valence-electron chi connectivity index (χ0n) is 10.9. The lowest BCUT2D eigenvalue weighted by atomic mass is 9.88. The topological polar surface area (TPSA) is 72.2 Å². The molecule has 4 nitrogen and oxygen atoms in total. The Morgan fingerprint density at radius 3 is 2.47 bits per heavy atom. The van der Waals surface area contributed by atoms with E-state index in [4.69, 9.17) is 5.73 Å². The average Bonchev–Trinajstić information content (AvgIpc) is 2.31. The third-order valence-corrected chi connectivity index (χ3v) is 5.69. The third kappa shape index (κ3) is 3.70. The molecule has 0 spiro atoms. The van der Waals surface area contributed by atoms with Crippen molar-refractivity contribution in [2.75, 3.05) is 5.73 Å². The van der Waals surface area contributed by atoms with Crippen molar-refractivity contribution < 1.29 is 8.42 Å². The van der Waals surface area contributed by atoms with Crippen molar-refractivity contribution in [1.82, 2.24) is 4.72 Å². The second-order valence-corrected chi connectivity index (χ2v) is 7.86. The van der Waals surface area contributed by atoms with Gasteiger partial charge in [0.1, 0.15) is 4.90 Å². The van der Waals surface area contributed by atoms with Gasteiger partial charge in [-0.1, -0.05) is 22.9 Å². The summed E-state index contributed by atoms with van der Waals surface area (Å²) in [5.74, 6) is 0.693. The van der Waals surface area contributed by atoms with Crippen LogP contribution in [0.2, 0.25) is 0 Å². The van der Waals surface area contributed by atoms with E-state index in [1.165, 1.54) is 6.07 Å². The Balaban J connectivity index is 2.14. The fourth-order valence-electron chi connectivity index (χ4n) is 2.42. The van der Waals surface area contributed by atoms with Crippen LogP contribution in [0.3, 0.4) is 0 Å². The van der Waals surface area contributed by atoms with E-state index in [0.717, 1.165) is 30.2 Å². The van der Waals surface area contributed by atoms with Crippen LogP contribution in [-0.2, 0) is 10.0 Å². The number of nitrogen functional groups attached to an aromatic ring is 1. The summed E-state index contributed by atoms with van der Waals surface area (Å²) in [6.07, 6.45) is 3.94. The Morgan fingerprint density at radius 1 is 1.26 bits per heavy atom. The SMILES string of the molecule is CC1CCC(NS(=O)(=O)c2ccc(Br)cc2N)CC1. The number of hydrogen-bond acceptors (Lipinski definition) is 3. The van der Waals surface area contributed by atoms with Crippen LogP contribution in [0.5, 0.6) is 0 Å². The highest BCUT2D eigenvalue weighted by molar-refractivity contribution is 9.10. The molecule has 0 unspecified atom stereocenters. The van der Waals surface area contributed by atoms with Crippen LogP contribution < -0.4 is 10.5 Å². The van der Waals surface area contributed by atoms with Gasteiger partial charge in [-0.05, 0) is 49.8 Å². The number of halogens is 1. The first-order chi connectivity index (χ1) is 8.88. The fraction of sp³-hybridized carbons (Fsp3) is 0.538. The summed E-state index contributed by atoms with van der Waals surface area (Å²) in [6.45, 7) is 2.21. The minimum atomic E-state index is -3.52. The van der Waals surface area contributed by atoms with Gasteiger partial charge in [0.15, 0.2) is 0 Å². The van der Waals surface area contributed by atoms with Gasteiger partial charge in [-0.25, -0.2) is 13.1 Å². The average molecular weight is 347 g/mol. The Kier molecular flexibility index (Phi) is 4.53. The minimum absolute atomic E-state index is 0.0317. The van der Waals surface area contributed by atoms with Gasteiger partial charge >= 0.3 is 0 Å². The van der Waals surface area contributed by atoms with Crippen LogP contribution in [0.4, 0.5) is 5.69 Å². The highest BCUT2D eigenvalue weighted by Crippen LogP contribution is 2.27. The summed E-state index contributed by atoms with van der Waals surface area (Å²) in [7, 11) is -3.52. The molecule has 2 rings (SSSR count). The van der Waals surface area contributed by atoms with Gasteiger partial charge < -0.3 is 5.73 Å². The van der Waals surface area contributed by atoms with Crippen molar-refractivity contribution in [1.29, 1.82) is 0 Å². The second kappa shape index (κ2) is 5.81. The van der Waals surface area contributed by atoms with Crippen LogP contribution in [0, 0.1) is 5.92 Å². The lowest BCUT2D eigenvalue weighted by Gasteiger charge is -2.26. The first kappa shape index (κ1) is 14.8. The molecular weight excluding hydrogens is 328 g/mol. The molecule has 1 aliphatic rings.